The van der Waals surface area contributed by atoms with Gasteiger partial charge < -0.3 is 15.0 Å². The lowest BCUT2D eigenvalue weighted by Crippen LogP contribution is -2.35. The third-order valence-corrected chi connectivity index (χ3v) is 4.79. The van der Waals surface area contributed by atoms with Gasteiger partial charge in [0.25, 0.3) is 5.91 Å². The van der Waals surface area contributed by atoms with Crippen molar-refractivity contribution in [3.63, 3.8) is 0 Å². The molecule has 1 aliphatic rings. The lowest BCUT2D eigenvalue weighted by molar-refractivity contribution is 0.0980. The fourth-order valence-corrected chi connectivity index (χ4v) is 3.48. The number of benzene rings is 2. The highest BCUT2D eigenvalue weighted by molar-refractivity contribution is 6.06. The second kappa shape index (κ2) is 8.13. The van der Waals surface area contributed by atoms with Crippen LogP contribution in [0.3, 0.4) is 0 Å². The summed E-state index contributed by atoms with van der Waals surface area (Å²) in [5, 5.41) is 3.32. The molecule has 0 radical (unpaired) electrons. The Kier molecular flexibility index (Phi) is 5.24. The number of amides is 1. The number of carbonyl (C=O) groups excluding carboxylic acids is 1. The number of ether oxygens (including phenoxy) is 1. The van der Waals surface area contributed by atoms with E-state index in [1.54, 1.807) is 12.3 Å². The standard InChI is InChI=1S/C23H23N3O2/c1-2-28-20-11-9-18(10-12-20)25-19-13-14-24-21(16-19)23(27)26-15-5-7-17-6-3-4-8-22(17)26/h3-4,6,8-14,16H,2,5,7,15H2,1H3,(H,24,25). The number of rotatable bonds is 5. The third-order valence-electron chi connectivity index (χ3n) is 4.79. The van der Waals surface area contributed by atoms with Crippen molar-refractivity contribution < 1.29 is 9.53 Å². The van der Waals surface area contributed by atoms with E-state index in [1.165, 1.54) is 5.56 Å². The molecule has 1 N–H and O–H groups in total. The molecule has 0 spiro atoms. The minimum absolute atomic E-state index is 0.0671. The normalized spacial score (nSPS) is 13.0. The molecular weight excluding hydrogens is 350 g/mol. The van der Waals surface area contributed by atoms with Gasteiger partial charge in [-0.1, -0.05) is 18.2 Å². The number of anilines is 3. The quantitative estimate of drug-likeness (QED) is 0.697. The predicted molar refractivity (Wildman–Crippen MR) is 112 cm³/mol. The summed E-state index contributed by atoms with van der Waals surface area (Å²) in [6.45, 7) is 3.32. The number of aromatic nitrogens is 1. The van der Waals surface area contributed by atoms with E-state index in [0.717, 1.165) is 35.7 Å². The molecule has 0 atom stereocenters. The van der Waals surface area contributed by atoms with Crippen molar-refractivity contribution in [2.24, 2.45) is 0 Å². The summed E-state index contributed by atoms with van der Waals surface area (Å²) in [7, 11) is 0. The zero-order valence-electron chi connectivity index (χ0n) is 15.9. The third kappa shape index (κ3) is 3.83. The van der Waals surface area contributed by atoms with Gasteiger partial charge in [0.15, 0.2) is 0 Å². The Morgan fingerprint density at radius 3 is 2.75 bits per heavy atom. The van der Waals surface area contributed by atoms with Crippen LogP contribution >= 0.6 is 0 Å². The highest BCUT2D eigenvalue weighted by Crippen LogP contribution is 2.28. The maximum atomic E-state index is 13.1. The number of aryl methyl sites for hydroxylation is 1. The van der Waals surface area contributed by atoms with E-state index < -0.39 is 0 Å². The second-order valence-electron chi connectivity index (χ2n) is 6.70. The molecule has 5 nitrogen and oxygen atoms in total. The first kappa shape index (κ1) is 18.0. The van der Waals surface area contributed by atoms with Crippen molar-refractivity contribution in [3.8, 4) is 5.75 Å². The molecule has 0 aliphatic carbocycles. The van der Waals surface area contributed by atoms with Crippen LogP contribution in [-0.2, 0) is 6.42 Å². The van der Waals surface area contributed by atoms with Gasteiger partial charge in [-0.25, -0.2) is 0 Å². The van der Waals surface area contributed by atoms with Crippen molar-refractivity contribution in [1.29, 1.82) is 0 Å². The smallest absolute Gasteiger partial charge is 0.276 e. The van der Waals surface area contributed by atoms with E-state index in [9.17, 15) is 4.79 Å². The number of pyridine rings is 1. The number of hydrogen-bond donors (Lipinski definition) is 1. The molecule has 1 aromatic heterocycles. The molecule has 0 unspecified atom stereocenters. The summed E-state index contributed by atoms with van der Waals surface area (Å²) in [5.41, 5.74) is 4.40. The second-order valence-corrected chi connectivity index (χ2v) is 6.70. The summed E-state index contributed by atoms with van der Waals surface area (Å²) in [4.78, 5) is 19.3. The molecule has 2 heterocycles. The summed E-state index contributed by atoms with van der Waals surface area (Å²) >= 11 is 0. The van der Waals surface area contributed by atoms with Crippen molar-refractivity contribution in [2.45, 2.75) is 19.8 Å². The maximum absolute atomic E-state index is 13.1. The van der Waals surface area contributed by atoms with Crippen LogP contribution in [0, 0.1) is 0 Å². The summed E-state index contributed by atoms with van der Waals surface area (Å²) in [6, 6.07) is 19.5. The molecule has 0 saturated heterocycles. The molecular formula is C23H23N3O2. The van der Waals surface area contributed by atoms with Crippen molar-refractivity contribution in [3.05, 3.63) is 78.1 Å². The van der Waals surface area contributed by atoms with Gasteiger partial charge in [0.1, 0.15) is 11.4 Å². The highest BCUT2D eigenvalue weighted by atomic mass is 16.5. The molecule has 142 valence electrons. The van der Waals surface area contributed by atoms with E-state index in [0.29, 0.717) is 18.8 Å². The largest absolute Gasteiger partial charge is 0.494 e. The van der Waals surface area contributed by atoms with Crippen LogP contribution in [0.5, 0.6) is 5.75 Å². The van der Waals surface area contributed by atoms with Gasteiger partial charge in [-0.05, 0) is 67.8 Å². The predicted octanol–water partition coefficient (Wildman–Crippen LogP) is 4.82. The van der Waals surface area contributed by atoms with Crippen LogP contribution in [0.15, 0.2) is 66.9 Å². The van der Waals surface area contributed by atoms with Gasteiger partial charge in [0.2, 0.25) is 0 Å². The van der Waals surface area contributed by atoms with E-state index in [-0.39, 0.29) is 5.91 Å². The van der Waals surface area contributed by atoms with Crippen molar-refractivity contribution in [1.82, 2.24) is 4.98 Å². The Morgan fingerprint density at radius 2 is 1.93 bits per heavy atom. The lowest BCUT2D eigenvalue weighted by Gasteiger charge is -2.29. The lowest BCUT2D eigenvalue weighted by atomic mass is 10.0. The Balaban J connectivity index is 1.53. The number of hydrogen-bond acceptors (Lipinski definition) is 4. The first-order valence-corrected chi connectivity index (χ1v) is 9.60. The Bertz CT molecular complexity index is 970. The van der Waals surface area contributed by atoms with Crippen LogP contribution in [-0.4, -0.2) is 24.0 Å². The van der Waals surface area contributed by atoms with Crippen LogP contribution in [0.4, 0.5) is 17.1 Å². The fourth-order valence-electron chi connectivity index (χ4n) is 3.48. The number of fused-ring (bicyclic) bond motifs is 1. The number of para-hydroxylation sites is 1. The Labute approximate surface area is 165 Å². The zero-order valence-corrected chi connectivity index (χ0v) is 15.9. The molecule has 0 saturated carbocycles. The minimum atomic E-state index is -0.0671. The Morgan fingerprint density at radius 1 is 1.11 bits per heavy atom. The first-order valence-electron chi connectivity index (χ1n) is 9.60. The molecule has 3 aromatic rings. The molecule has 4 rings (SSSR count). The summed E-state index contributed by atoms with van der Waals surface area (Å²) in [5.74, 6) is 0.768. The van der Waals surface area contributed by atoms with Crippen LogP contribution in [0.25, 0.3) is 0 Å². The molecule has 28 heavy (non-hydrogen) atoms. The van der Waals surface area contributed by atoms with Crippen LogP contribution in [0.2, 0.25) is 0 Å². The van der Waals surface area contributed by atoms with Gasteiger partial charge in [0, 0.05) is 29.8 Å². The highest BCUT2D eigenvalue weighted by Gasteiger charge is 2.24. The Hall–Kier alpha value is -3.34. The first-order chi connectivity index (χ1) is 13.7. The number of nitrogens with zero attached hydrogens (tertiary/aromatic N) is 2. The van der Waals surface area contributed by atoms with E-state index in [1.807, 2.05) is 60.4 Å². The SMILES string of the molecule is CCOc1ccc(Nc2ccnc(C(=O)N3CCCc4ccccc43)c2)cc1. The van der Waals surface area contributed by atoms with Gasteiger partial charge in [-0.2, -0.15) is 0 Å². The topological polar surface area (TPSA) is 54.5 Å². The average molecular weight is 373 g/mol. The number of carbonyl (C=O) groups is 1. The molecule has 0 bridgehead atoms. The summed E-state index contributed by atoms with van der Waals surface area (Å²) in [6.07, 6.45) is 3.64. The average Bonchev–Trinajstić information content (AvgIpc) is 2.75. The van der Waals surface area contributed by atoms with E-state index in [4.69, 9.17) is 4.74 Å². The van der Waals surface area contributed by atoms with E-state index >= 15 is 0 Å². The van der Waals surface area contributed by atoms with Gasteiger partial charge >= 0.3 is 0 Å². The molecule has 1 aliphatic heterocycles. The number of nitrogens with one attached hydrogen (secondary N) is 1. The summed E-state index contributed by atoms with van der Waals surface area (Å²) < 4.78 is 5.47. The molecule has 1 amide bonds. The van der Waals surface area contributed by atoms with Crippen LogP contribution in [0.1, 0.15) is 29.4 Å². The fraction of sp³-hybridized carbons (Fsp3) is 0.217. The van der Waals surface area contributed by atoms with Gasteiger partial charge in [0.05, 0.1) is 6.61 Å². The van der Waals surface area contributed by atoms with Crippen molar-refractivity contribution >= 4 is 23.0 Å². The molecule has 0 fully saturated rings. The molecule has 2 aromatic carbocycles. The van der Waals surface area contributed by atoms with Gasteiger partial charge in [-0.3, -0.25) is 9.78 Å². The van der Waals surface area contributed by atoms with Crippen LogP contribution < -0.4 is 15.0 Å². The van der Waals surface area contributed by atoms with Gasteiger partial charge in [-0.15, -0.1) is 0 Å². The van der Waals surface area contributed by atoms with Crippen molar-refractivity contribution in [2.75, 3.05) is 23.4 Å². The maximum Gasteiger partial charge on any atom is 0.276 e. The van der Waals surface area contributed by atoms with E-state index in [2.05, 4.69) is 16.4 Å². The minimum Gasteiger partial charge on any atom is -0.494 e. The monoisotopic (exact) mass is 373 g/mol. The zero-order chi connectivity index (χ0) is 19.3. The molecule has 5 heteroatoms.